The van der Waals surface area contributed by atoms with Gasteiger partial charge in [0.2, 0.25) is 10.0 Å². The zero-order chi connectivity index (χ0) is 14.8. The summed E-state index contributed by atoms with van der Waals surface area (Å²) < 4.78 is 26.0. The van der Waals surface area contributed by atoms with Crippen LogP contribution in [0, 0.1) is 10.1 Å². The van der Waals surface area contributed by atoms with Gasteiger partial charge in [0.15, 0.2) is 5.75 Å². The van der Waals surface area contributed by atoms with E-state index in [1.54, 1.807) is 13.8 Å². The smallest absolute Gasteiger partial charge is 0.312 e. The lowest BCUT2D eigenvalue weighted by atomic mass is 10.1. The van der Waals surface area contributed by atoms with E-state index in [1.807, 2.05) is 0 Å². The molecule has 1 aromatic rings. The molecule has 8 nitrogen and oxygen atoms in total. The van der Waals surface area contributed by atoms with Gasteiger partial charge in [-0.15, -0.1) is 0 Å². The van der Waals surface area contributed by atoms with Crippen LogP contribution in [0.4, 0.5) is 5.69 Å². The Morgan fingerprint density at radius 3 is 2.53 bits per heavy atom. The highest BCUT2D eigenvalue weighted by Crippen LogP contribution is 2.28. The number of nitrogens with zero attached hydrogens (tertiary/aromatic N) is 1. The highest BCUT2D eigenvalue weighted by Gasteiger charge is 2.22. The van der Waals surface area contributed by atoms with E-state index < -0.39 is 31.9 Å². The molecule has 1 aromatic carbocycles. The maximum Gasteiger partial charge on any atom is 0.312 e. The number of phenolic OH excluding ortho intramolecular Hbond substituents is 1. The molecule has 1 rings (SSSR count). The monoisotopic (exact) mass is 289 g/mol. The molecule has 0 radical (unpaired) electrons. The lowest BCUT2D eigenvalue weighted by molar-refractivity contribution is -0.386. The molecular formula is C10H15N3O5S. The average Bonchev–Trinajstić information content (AvgIpc) is 2.25. The van der Waals surface area contributed by atoms with Gasteiger partial charge in [0.25, 0.3) is 0 Å². The third kappa shape index (κ3) is 4.16. The van der Waals surface area contributed by atoms with Crippen LogP contribution in [0.2, 0.25) is 0 Å². The second kappa shape index (κ2) is 5.11. The van der Waals surface area contributed by atoms with Crippen LogP contribution >= 0.6 is 0 Å². The van der Waals surface area contributed by atoms with Gasteiger partial charge < -0.3 is 10.8 Å². The summed E-state index contributed by atoms with van der Waals surface area (Å²) in [5, 5.41) is 19.9. The van der Waals surface area contributed by atoms with E-state index in [0.717, 1.165) is 18.2 Å². The third-order valence-corrected chi connectivity index (χ3v) is 3.57. The number of nitro benzene ring substituents is 1. The van der Waals surface area contributed by atoms with Gasteiger partial charge in [-0.25, -0.2) is 13.1 Å². The summed E-state index contributed by atoms with van der Waals surface area (Å²) in [7, 11) is -3.91. The molecular weight excluding hydrogens is 274 g/mol. The van der Waals surface area contributed by atoms with E-state index >= 15 is 0 Å². The molecule has 9 heteroatoms. The molecule has 4 N–H and O–H groups in total. The van der Waals surface area contributed by atoms with Crippen LogP contribution in [0.25, 0.3) is 0 Å². The minimum atomic E-state index is -3.91. The molecule has 106 valence electrons. The molecule has 0 spiro atoms. The minimum Gasteiger partial charge on any atom is -0.502 e. The largest absolute Gasteiger partial charge is 0.502 e. The number of hydrogen-bond donors (Lipinski definition) is 3. The number of benzene rings is 1. The van der Waals surface area contributed by atoms with Crippen LogP contribution in [-0.2, 0) is 10.0 Å². The summed E-state index contributed by atoms with van der Waals surface area (Å²) in [6, 6.07) is 2.83. The highest BCUT2D eigenvalue weighted by molar-refractivity contribution is 7.89. The van der Waals surface area contributed by atoms with E-state index in [0.29, 0.717) is 0 Å². The SMILES string of the molecule is CC(C)(N)CNS(=O)(=O)c1ccc(O)c([N+](=O)[O-])c1. The van der Waals surface area contributed by atoms with Crippen LogP contribution < -0.4 is 10.5 Å². The summed E-state index contributed by atoms with van der Waals surface area (Å²) in [4.78, 5) is 9.46. The van der Waals surface area contributed by atoms with Gasteiger partial charge in [-0.2, -0.15) is 0 Å². The van der Waals surface area contributed by atoms with Crippen molar-refractivity contribution in [3.63, 3.8) is 0 Å². The summed E-state index contributed by atoms with van der Waals surface area (Å²) in [6.07, 6.45) is 0. The quantitative estimate of drug-likeness (QED) is 0.527. The number of aromatic hydroxyl groups is 1. The summed E-state index contributed by atoms with van der Waals surface area (Å²) in [5.74, 6) is -0.594. The van der Waals surface area contributed by atoms with E-state index in [1.165, 1.54) is 0 Å². The Morgan fingerprint density at radius 1 is 1.47 bits per heavy atom. The van der Waals surface area contributed by atoms with Crippen LogP contribution in [0.15, 0.2) is 23.1 Å². The number of phenols is 1. The van der Waals surface area contributed by atoms with Crippen molar-refractivity contribution in [2.24, 2.45) is 5.73 Å². The molecule has 19 heavy (non-hydrogen) atoms. The zero-order valence-electron chi connectivity index (χ0n) is 10.5. The summed E-state index contributed by atoms with van der Waals surface area (Å²) in [6.45, 7) is 3.24. The Bertz CT molecular complexity index is 592. The Labute approximate surface area is 110 Å². The number of rotatable bonds is 5. The van der Waals surface area contributed by atoms with Crippen molar-refractivity contribution in [1.82, 2.24) is 4.72 Å². The van der Waals surface area contributed by atoms with Gasteiger partial charge in [0.05, 0.1) is 9.82 Å². The molecule has 0 fully saturated rings. The van der Waals surface area contributed by atoms with E-state index in [4.69, 9.17) is 5.73 Å². The fraction of sp³-hybridized carbons (Fsp3) is 0.400. The number of sulfonamides is 1. The van der Waals surface area contributed by atoms with Gasteiger partial charge in [-0.05, 0) is 26.0 Å². The first-order valence-corrected chi connectivity index (χ1v) is 6.77. The molecule has 0 aliphatic carbocycles. The fourth-order valence-electron chi connectivity index (χ4n) is 1.18. The standard InChI is InChI=1S/C10H15N3O5S/c1-10(2,11)6-12-19(17,18)7-3-4-9(14)8(5-7)13(15)16/h3-5,12,14H,6,11H2,1-2H3. The van der Waals surface area contributed by atoms with Gasteiger partial charge in [-0.1, -0.05) is 0 Å². The molecule has 0 amide bonds. The fourth-order valence-corrected chi connectivity index (χ4v) is 2.42. The third-order valence-electron chi connectivity index (χ3n) is 2.17. The van der Waals surface area contributed by atoms with Crippen molar-refractivity contribution >= 4 is 15.7 Å². The van der Waals surface area contributed by atoms with Gasteiger partial charge >= 0.3 is 5.69 Å². The maximum absolute atomic E-state index is 11.9. The maximum atomic E-state index is 11.9. The second-order valence-corrected chi connectivity index (χ2v) is 6.49. The molecule has 0 saturated heterocycles. The van der Waals surface area contributed by atoms with E-state index in [9.17, 15) is 23.6 Å². The molecule has 0 unspecified atom stereocenters. The molecule has 0 aromatic heterocycles. The molecule has 0 saturated carbocycles. The van der Waals surface area contributed by atoms with Crippen LogP contribution in [0.3, 0.4) is 0 Å². The van der Waals surface area contributed by atoms with Gasteiger partial charge in [0, 0.05) is 18.2 Å². The van der Waals surface area contributed by atoms with Crippen LogP contribution in [0.1, 0.15) is 13.8 Å². The van der Waals surface area contributed by atoms with Gasteiger partial charge in [0.1, 0.15) is 0 Å². The van der Waals surface area contributed by atoms with Crippen molar-refractivity contribution in [3.8, 4) is 5.75 Å². The molecule has 0 heterocycles. The Balaban J connectivity index is 3.09. The number of hydrogen-bond acceptors (Lipinski definition) is 6. The molecule has 0 aliphatic rings. The molecule has 0 aliphatic heterocycles. The topological polar surface area (TPSA) is 136 Å². The van der Waals surface area contributed by atoms with Crippen molar-refractivity contribution in [3.05, 3.63) is 28.3 Å². The average molecular weight is 289 g/mol. The zero-order valence-corrected chi connectivity index (χ0v) is 11.3. The lowest BCUT2D eigenvalue weighted by Gasteiger charge is -2.18. The van der Waals surface area contributed by atoms with Crippen molar-refractivity contribution in [2.45, 2.75) is 24.3 Å². The number of nitro groups is 1. The van der Waals surface area contributed by atoms with Crippen molar-refractivity contribution in [2.75, 3.05) is 6.54 Å². The normalized spacial score (nSPS) is 12.4. The lowest BCUT2D eigenvalue weighted by Crippen LogP contribution is -2.45. The van der Waals surface area contributed by atoms with Gasteiger partial charge in [-0.3, -0.25) is 10.1 Å². The molecule has 0 atom stereocenters. The number of nitrogens with two attached hydrogens (primary N) is 1. The predicted octanol–water partition coefficient (Wildman–Crippen LogP) is 0.316. The summed E-state index contributed by atoms with van der Waals surface area (Å²) in [5.41, 5.74) is 4.22. The first kappa shape index (κ1) is 15.3. The first-order valence-electron chi connectivity index (χ1n) is 5.29. The second-order valence-electron chi connectivity index (χ2n) is 4.72. The van der Waals surface area contributed by atoms with Crippen molar-refractivity contribution in [1.29, 1.82) is 0 Å². The van der Waals surface area contributed by atoms with Crippen LogP contribution in [-0.4, -0.2) is 30.5 Å². The first-order chi connectivity index (χ1) is 8.53. The molecule has 0 bridgehead atoms. The Hall–Kier alpha value is -1.71. The Kier molecular flexibility index (Phi) is 4.13. The summed E-state index contributed by atoms with van der Waals surface area (Å²) >= 11 is 0. The number of nitrogens with one attached hydrogen (secondary N) is 1. The van der Waals surface area contributed by atoms with Crippen LogP contribution in [0.5, 0.6) is 5.75 Å². The Morgan fingerprint density at radius 2 is 2.05 bits per heavy atom. The highest BCUT2D eigenvalue weighted by atomic mass is 32.2. The van der Waals surface area contributed by atoms with Crippen molar-refractivity contribution < 1.29 is 18.4 Å². The minimum absolute atomic E-state index is 0.0238. The van der Waals surface area contributed by atoms with E-state index in [-0.39, 0.29) is 11.4 Å². The van der Waals surface area contributed by atoms with E-state index in [2.05, 4.69) is 4.72 Å². The predicted molar refractivity (Wildman–Crippen MR) is 68.2 cm³/mol.